The van der Waals surface area contributed by atoms with Gasteiger partial charge in [0.15, 0.2) is 11.5 Å². The van der Waals surface area contributed by atoms with E-state index in [1.165, 1.54) is 11.8 Å². The number of ether oxygens (including phenoxy) is 2. The summed E-state index contributed by atoms with van der Waals surface area (Å²) in [7, 11) is 3.21. The van der Waals surface area contributed by atoms with Gasteiger partial charge in [-0.15, -0.1) is 5.10 Å². The van der Waals surface area contributed by atoms with Gasteiger partial charge >= 0.3 is 0 Å². The fourth-order valence-corrected chi connectivity index (χ4v) is 2.78. The molecule has 0 aliphatic heterocycles. The summed E-state index contributed by atoms with van der Waals surface area (Å²) < 4.78 is 10.5. The maximum absolute atomic E-state index is 11.9. The predicted molar refractivity (Wildman–Crippen MR) is 97.5 cm³/mol. The average Bonchev–Trinajstić information content (AvgIpc) is 3.09. The highest BCUT2D eigenvalue weighted by atomic mass is 32.2. The number of nitrogens with zero attached hydrogens (tertiary/aromatic N) is 2. The fourth-order valence-electron chi connectivity index (χ4n) is 2.14. The Morgan fingerprint density at radius 3 is 2.68 bits per heavy atom. The van der Waals surface area contributed by atoms with E-state index in [4.69, 9.17) is 9.47 Å². The van der Waals surface area contributed by atoms with E-state index in [-0.39, 0.29) is 11.8 Å². The normalized spacial score (nSPS) is 10.8. The van der Waals surface area contributed by atoms with Crippen LogP contribution < -0.4 is 14.8 Å². The van der Waals surface area contributed by atoms with Crippen molar-refractivity contribution in [1.82, 2.24) is 20.5 Å². The van der Waals surface area contributed by atoms with Gasteiger partial charge in [0, 0.05) is 12.5 Å². The van der Waals surface area contributed by atoms with Gasteiger partial charge in [0.25, 0.3) is 0 Å². The standard InChI is InChI=1S/C17H24N4O3S/c1-11(2)16-19-17(21-20-16)25-10-15(22)18-8-7-12-5-6-13(23-3)14(9-12)24-4/h5-6,9,11H,7-8,10H2,1-4H3,(H,18,22)(H,19,20,21). The molecular formula is C17H24N4O3S. The third-order valence-corrected chi connectivity index (χ3v) is 4.39. The van der Waals surface area contributed by atoms with Crippen LogP contribution in [0.25, 0.3) is 0 Å². The molecule has 1 amide bonds. The van der Waals surface area contributed by atoms with Gasteiger partial charge < -0.3 is 14.8 Å². The number of aromatic amines is 1. The zero-order chi connectivity index (χ0) is 18.2. The molecule has 2 N–H and O–H groups in total. The molecule has 0 radical (unpaired) electrons. The zero-order valence-electron chi connectivity index (χ0n) is 15.0. The molecule has 0 unspecified atom stereocenters. The van der Waals surface area contributed by atoms with E-state index in [2.05, 4.69) is 20.5 Å². The van der Waals surface area contributed by atoms with Gasteiger partial charge in [0.05, 0.1) is 20.0 Å². The summed E-state index contributed by atoms with van der Waals surface area (Å²) in [4.78, 5) is 16.3. The topological polar surface area (TPSA) is 89.1 Å². The van der Waals surface area contributed by atoms with Crippen molar-refractivity contribution in [2.45, 2.75) is 31.3 Å². The van der Waals surface area contributed by atoms with Crippen LogP contribution >= 0.6 is 11.8 Å². The summed E-state index contributed by atoms with van der Waals surface area (Å²) in [5.41, 5.74) is 1.07. The van der Waals surface area contributed by atoms with Gasteiger partial charge in [-0.1, -0.05) is 31.7 Å². The molecule has 1 aromatic heterocycles. The van der Waals surface area contributed by atoms with Crippen molar-refractivity contribution in [1.29, 1.82) is 0 Å². The first-order chi connectivity index (χ1) is 12.0. The monoisotopic (exact) mass is 364 g/mol. The van der Waals surface area contributed by atoms with Crippen molar-refractivity contribution in [2.24, 2.45) is 0 Å². The lowest BCUT2D eigenvalue weighted by Crippen LogP contribution is -2.27. The number of hydrogen-bond donors (Lipinski definition) is 2. The summed E-state index contributed by atoms with van der Waals surface area (Å²) in [6.45, 7) is 4.63. The number of methoxy groups -OCH3 is 2. The molecule has 2 aromatic rings. The van der Waals surface area contributed by atoms with Crippen molar-refractivity contribution >= 4 is 17.7 Å². The Morgan fingerprint density at radius 2 is 2.04 bits per heavy atom. The highest BCUT2D eigenvalue weighted by Gasteiger charge is 2.10. The maximum atomic E-state index is 11.9. The largest absolute Gasteiger partial charge is 0.493 e. The van der Waals surface area contributed by atoms with Crippen LogP contribution in [0.3, 0.4) is 0 Å². The minimum Gasteiger partial charge on any atom is -0.493 e. The molecule has 2 rings (SSSR count). The average molecular weight is 364 g/mol. The van der Waals surface area contributed by atoms with E-state index in [9.17, 15) is 4.79 Å². The Balaban J connectivity index is 1.74. The van der Waals surface area contributed by atoms with E-state index in [1.807, 2.05) is 32.0 Å². The van der Waals surface area contributed by atoms with E-state index in [1.54, 1.807) is 14.2 Å². The number of amides is 1. The highest BCUT2D eigenvalue weighted by Crippen LogP contribution is 2.27. The first-order valence-corrected chi connectivity index (χ1v) is 9.04. The Labute approximate surface area is 151 Å². The number of benzene rings is 1. The molecule has 0 atom stereocenters. The number of carbonyl (C=O) groups excluding carboxylic acids is 1. The lowest BCUT2D eigenvalue weighted by molar-refractivity contribution is -0.118. The number of thioether (sulfide) groups is 1. The smallest absolute Gasteiger partial charge is 0.230 e. The minimum atomic E-state index is -0.0404. The molecule has 1 aromatic carbocycles. The van der Waals surface area contributed by atoms with Crippen molar-refractivity contribution < 1.29 is 14.3 Å². The van der Waals surface area contributed by atoms with Gasteiger partial charge in [-0.3, -0.25) is 9.89 Å². The fraction of sp³-hybridized carbons (Fsp3) is 0.471. The van der Waals surface area contributed by atoms with Gasteiger partial charge in [-0.25, -0.2) is 4.98 Å². The lowest BCUT2D eigenvalue weighted by Gasteiger charge is -2.10. The third-order valence-electron chi connectivity index (χ3n) is 3.55. The van der Waals surface area contributed by atoms with Gasteiger partial charge in [0.2, 0.25) is 11.1 Å². The van der Waals surface area contributed by atoms with Crippen molar-refractivity contribution in [2.75, 3.05) is 26.5 Å². The highest BCUT2D eigenvalue weighted by molar-refractivity contribution is 7.99. The van der Waals surface area contributed by atoms with Crippen molar-refractivity contribution in [3.63, 3.8) is 0 Å². The van der Waals surface area contributed by atoms with Gasteiger partial charge in [-0.05, 0) is 24.1 Å². The molecule has 0 saturated carbocycles. The Hall–Kier alpha value is -2.22. The first-order valence-electron chi connectivity index (χ1n) is 8.06. The van der Waals surface area contributed by atoms with Crippen LogP contribution in [0.15, 0.2) is 23.4 Å². The second-order valence-electron chi connectivity index (χ2n) is 5.74. The molecule has 136 valence electrons. The second-order valence-corrected chi connectivity index (χ2v) is 6.68. The van der Waals surface area contributed by atoms with Crippen LogP contribution in [0.1, 0.15) is 31.2 Å². The molecule has 0 bridgehead atoms. The quantitative estimate of drug-likeness (QED) is 0.664. The number of H-pyrrole nitrogens is 1. The number of rotatable bonds is 9. The van der Waals surface area contributed by atoms with Crippen LogP contribution in [-0.4, -0.2) is 47.6 Å². The molecule has 0 saturated heterocycles. The van der Waals surface area contributed by atoms with E-state index in [0.29, 0.717) is 29.0 Å². The number of hydrogen-bond acceptors (Lipinski definition) is 6. The van der Waals surface area contributed by atoms with Crippen molar-refractivity contribution in [3.05, 3.63) is 29.6 Å². The Morgan fingerprint density at radius 1 is 1.28 bits per heavy atom. The minimum absolute atomic E-state index is 0.0404. The number of carbonyl (C=O) groups is 1. The summed E-state index contributed by atoms with van der Waals surface area (Å²) in [6, 6.07) is 5.74. The SMILES string of the molecule is COc1ccc(CCNC(=O)CSc2n[nH]c(C(C)C)n2)cc1OC. The second kappa shape index (κ2) is 9.31. The molecule has 1 heterocycles. The Bertz CT molecular complexity index is 703. The number of nitrogens with one attached hydrogen (secondary N) is 2. The number of aromatic nitrogens is 3. The molecule has 25 heavy (non-hydrogen) atoms. The lowest BCUT2D eigenvalue weighted by atomic mass is 10.1. The molecule has 0 aliphatic carbocycles. The van der Waals surface area contributed by atoms with Gasteiger partial charge in [0.1, 0.15) is 5.82 Å². The van der Waals surface area contributed by atoms with E-state index < -0.39 is 0 Å². The maximum Gasteiger partial charge on any atom is 0.230 e. The first kappa shape index (κ1) is 19.1. The molecule has 0 spiro atoms. The summed E-state index contributed by atoms with van der Waals surface area (Å²) in [5, 5.41) is 10.5. The summed E-state index contributed by atoms with van der Waals surface area (Å²) in [6.07, 6.45) is 0.717. The third kappa shape index (κ3) is 5.67. The molecule has 8 heteroatoms. The predicted octanol–water partition coefficient (Wildman–Crippen LogP) is 2.40. The van der Waals surface area contributed by atoms with E-state index >= 15 is 0 Å². The van der Waals surface area contributed by atoms with E-state index in [0.717, 1.165) is 17.8 Å². The molecule has 0 fully saturated rings. The zero-order valence-corrected chi connectivity index (χ0v) is 15.8. The van der Waals surface area contributed by atoms with Crippen molar-refractivity contribution in [3.8, 4) is 11.5 Å². The molecule has 7 nitrogen and oxygen atoms in total. The Kier molecular flexibility index (Phi) is 7.12. The molecular weight excluding hydrogens is 340 g/mol. The van der Waals surface area contributed by atoms with Crippen LogP contribution in [0.4, 0.5) is 0 Å². The molecule has 0 aliphatic rings. The van der Waals surface area contributed by atoms with Crippen LogP contribution in [-0.2, 0) is 11.2 Å². The van der Waals surface area contributed by atoms with Gasteiger partial charge in [-0.2, -0.15) is 0 Å². The van der Waals surface area contributed by atoms with Crippen LogP contribution in [0.2, 0.25) is 0 Å². The summed E-state index contributed by atoms with van der Waals surface area (Å²) >= 11 is 1.32. The summed E-state index contributed by atoms with van der Waals surface area (Å²) in [5.74, 6) is 2.75. The van der Waals surface area contributed by atoms with Crippen LogP contribution in [0.5, 0.6) is 11.5 Å². The van der Waals surface area contributed by atoms with Crippen LogP contribution in [0, 0.1) is 0 Å².